The van der Waals surface area contributed by atoms with Gasteiger partial charge in [-0.25, -0.2) is 0 Å². The van der Waals surface area contributed by atoms with Crippen molar-refractivity contribution in [3.8, 4) is 0 Å². The smallest absolute Gasteiger partial charge is 0.0199 e. The van der Waals surface area contributed by atoms with Gasteiger partial charge in [0.25, 0.3) is 0 Å². The second-order valence-electron chi connectivity index (χ2n) is 5.21. The predicted octanol–water partition coefficient (Wildman–Crippen LogP) is 5.26. The molecule has 2 atom stereocenters. The zero-order valence-electron chi connectivity index (χ0n) is 12.1. The second kappa shape index (κ2) is 7.65. The van der Waals surface area contributed by atoms with Crippen molar-refractivity contribution in [3.63, 3.8) is 0 Å². The van der Waals surface area contributed by atoms with Crippen molar-refractivity contribution in [2.75, 3.05) is 0 Å². The molecule has 0 aromatic heterocycles. The van der Waals surface area contributed by atoms with Crippen LogP contribution in [-0.2, 0) is 0 Å². The minimum absolute atomic E-state index is 0.106. The van der Waals surface area contributed by atoms with Gasteiger partial charge in [0.1, 0.15) is 0 Å². The number of rotatable bonds is 7. The van der Waals surface area contributed by atoms with Crippen molar-refractivity contribution < 1.29 is 0 Å². The first kappa shape index (κ1) is 14.5. The van der Waals surface area contributed by atoms with Crippen LogP contribution in [0, 0.1) is 0 Å². The van der Waals surface area contributed by atoms with Crippen LogP contribution in [0.25, 0.3) is 0 Å². The van der Waals surface area contributed by atoms with Gasteiger partial charge in [-0.05, 0) is 23.8 Å². The van der Waals surface area contributed by atoms with Crippen molar-refractivity contribution >= 4 is 13.2 Å². The zero-order valence-corrected chi connectivity index (χ0v) is 13.0. The molecule has 1 unspecified atom stereocenters. The van der Waals surface area contributed by atoms with Crippen LogP contribution < -0.4 is 5.30 Å². The summed E-state index contributed by atoms with van der Waals surface area (Å²) in [6.45, 7) is 4.66. The lowest BCUT2D eigenvalue weighted by Crippen LogP contribution is -2.19. The molecule has 0 amide bonds. The summed E-state index contributed by atoms with van der Waals surface area (Å²) in [6.07, 6.45) is 14.6. The maximum absolute atomic E-state index is 2.40. The first-order valence-electron chi connectivity index (χ1n) is 7.55. The van der Waals surface area contributed by atoms with Gasteiger partial charge in [-0.1, -0.05) is 89.2 Å². The summed E-state index contributed by atoms with van der Waals surface area (Å²) in [5.41, 5.74) is 1.51. The minimum atomic E-state index is -0.106. The van der Waals surface area contributed by atoms with E-state index in [0.717, 1.165) is 5.66 Å². The lowest BCUT2D eigenvalue weighted by Gasteiger charge is -2.31. The first-order chi connectivity index (χ1) is 9.36. The predicted molar refractivity (Wildman–Crippen MR) is 88.7 cm³/mol. The van der Waals surface area contributed by atoms with Gasteiger partial charge in [-0.2, -0.15) is 0 Å². The molecule has 0 aliphatic heterocycles. The van der Waals surface area contributed by atoms with Crippen LogP contribution >= 0.6 is 7.92 Å². The summed E-state index contributed by atoms with van der Waals surface area (Å²) >= 11 is 0. The van der Waals surface area contributed by atoms with E-state index in [-0.39, 0.29) is 7.92 Å². The molecular weight excluding hydrogens is 247 g/mol. The molecule has 1 heteroatoms. The maximum Gasteiger partial charge on any atom is 0.0199 e. The standard InChI is InChI=1S/C18H25P/c1-3-5-11-16(4-2)19(18-14-9-10-15-18)17-12-7-6-8-13-17/h6-10,12-16,18H,3-5,11H2,1-2H3/t16-,19?/m0/s1. The molecule has 1 aliphatic carbocycles. The highest BCUT2D eigenvalue weighted by Gasteiger charge is 2.26. The molecule has 1 aromatic carbocycles. The van der Waals surface area contributed by atoms with Crippen molar-refractivity contribution in [2.24, 2.45) is 0 Å². The summed E-state index contributed by atoms with van der Waals surface area (Å²) in [6, 6.07) is 11.2. The van der Waals surface area contributed by atoms with E-state index in [1.54, 1.807) is 5.30 Å². The number of allylic oxidation sites excluding steroid dienone is 4. The third-order valence-electron chi connectivity index (χ3n) is 3.86. The highest BCUT2D eigenvalue weighted by atomic mass is 31.1. The van der Waals surface area contributed by atoms with Gasteiger partial charge >= 0.3 is 0 Å². The third-order valence-corrected chi connectivity index (χ3v) is 7.15. The van der Waals surface area contributed by atoms with E-state index < -0.39 is 0 Å². The van der Waals surface area contributed by atoms with Crippen LogP contribution in [-0.4, -0.2) is 11.3 Å². The quantitative estimate of drug-likeness (QED) is 0.594. The molecule has 0 saturated carbocycles. The lowest BCUT2D eigenvalue weighted by atomic mass is 10.2. The van der Waals surface area contributed by atoms with Gasteiger partial charge in [-0.15, -0.1) is 0 Å². The molecular formula is C18H25P. The second-order valence-corrected chi connectivity index (χ2v) is 7.87. The van der Waals surface area contributed by atoms with Crippen molar-refractivity contribution in [1.29, 1.82) is 0 Å². The van der Waals surface area contributed by atoms with Gasteiger partial charge in [0.05, 0.1) is 0 Å². The SMILES string of the molecule is CCCC[C@H](CC)P(c1ccccc1)C1C=CC=C1. The lowest BCUT2D eigenvalue weighted by molar-refractivity contribution is 0.663. The fourth-order valence-electron chi connectivity index (χ4n) is 2.81. The Hall–Kier alpha value is -0.870. The molecule has 0 fully saturated rings. The van der Waals surface area contributed by atoms with E-state index in [1.807, 2.05) is 0 Å². The van der Waals surface area contributed by atoms with Crippen molar-refractivity contribution in [3.05, 3.63) is 54.6 Å². The molecule has 0 nitrogen and oxygen atoms in total. The average Bonchev–Trinajstić information content (AvgIpc) is 2.98. The minimum Gasteiger partial charge on any atom is -0.0730 e. The Morgan fingerprint density at radius 2 is 1.74 bits per heavy atom. The van der Waals surface area contributed by atoms with Crippen LogP contribution in [0.3, 0.4) is 0 Å². The highest BCUT2D eigenvalue weighted by Crippen LogP contribution is 2.50. The Morgan fingerprint density at radius 1 is 1.05 bits per heavy atom. The van der Waals surface area contributed by atoms with E-state index in [0.29, 0.717) is 5.66 Å². The van der Waals surface area contributed by atoms with E-state index in [2.05, 4.69) is 68.5 Å². The molecule has 0 heterocycles. The number of unbranched alkanes of at least 4 members (excludes halogenated alkanes) is 1. The monoisotopic (exact) mass is 272 g/mol. The topological polar surface area (TPSA) is 0 Å². The first-order valence-corrected chi connectivity index (χ1v) is 9.03. The van der Waals surface area contributed by atoms with Crippen molar-refractivity contribution in [2.45, 2.75) is 50.8 Å². The van der Waals surface area contributed by atoms with Crippen LogP contribution in [0.2, 0.25) is 0 Å². The Labute approximate surface area is 119 Å². The van der Waals surface area contributed by atoms with E-state index in [9.17, 15) is 0 Å². The van der Waals surface area contributed by atoms with E-state index in [4.69, 9.17) is 0 Å². The summed E-state index contributed by atoms with van der Waals surface area (Å²) in [4.78, 5) is 0. The summed E-state index contributed by atoms with van der Waals surface area (Å²) in [5, 5.41) is 1.57. The maximum atomic E-state index is 2.40. The number of hydrogen-bond acceptors (Lipinski definition) is 0. The highest BCUT2D eigenvalue weighted by molar-refractivity contribution is 7.67. The molecule has 19 heavy (non-hydrogen) atoms. The fraction of sp³-hybridized carbons (Fsp3) is 0.444. The molecule has 0 saturated heterocycles. The van der Waals surface area contributed by atoms with Crippen LogP contribution in [0.15, 0.2) is 54.6 Å². The van der Waals surface area contributed by atoms with E-state index in [1.165, 1.54) is 25.7 Å². The van der Waals surface area contributed by atoms with Crippen LogP contribution in [0.5, 0.6) is 0 Å². The van der Waals surface area contributed by atoms with Gasteiger partial charge in [-0.3, -0.25) is 0 Å². The molecule has 0 bridgehead atoms. The molecule has 102 valence electrons. The molecule has 1 aromatic rings. The van der Waals surface area contributed by atoms with Gasteiger partial charge in [0, 0.05) is 5.66 Å². The Kier molecular flexibility index (Phi) is 5.86. The molecule has 1 aliphatic rings. The van der Waals surface area contributed by atoms with Gasteiger partial charge in [0.15, 0.2) is 0 Å². The number of hydrogen-bond donors (Lipinski definition) is 0. The third kappa shape index (κ3) is 3.80. The van der Waals surface area contributed by atoms with E-state index >= 15 is 0 Å². The van der Waals surface area contributed by atoms with Crippen molar-refractivity contribution in [1.82, 2.24) is 0 Å². The van der Waals surface area contributed by atoms with Gasteiger partial charge in [0.2, 0.25) is 0 Å². The molecule has 2 rings (SSSR count). The largest absolute Gasteiger partial charge is 0.0730 e. The zero-order chi connectivity index (χ0) is 13.5. The summed E-state index contributed by atoms with van der Waals surface area (Å²) < 4.78 is 0. The number of benzene rings is 1. The molecule has 0 radical (unpaired) electrons. The molecule has 0 N–H and O–H groups in total. The van der Waals surface area contributed by atoms with Gasteiger partial charge < -0.3 is 0 Å². The Morgan fingerprint density at radius 3 is 2.32 bits per heavy atom. The summed E-state index contributed by atoms with van der Waals surface area (Å²) in [5.74, 6) is 0. The average molecular weight is 272 g/mol. The van der Waals surface area contributed by atoms with Crippen LogP contribution in [0.4, 0.5) is 0 Å². The fourth-order valence-corrected chi connectivity index (χ4v) is 6.00. The van der Waals surface area contributed by atoms with Crippen LogP contribution in [0.1, 0.15) is 39.5 Å². The Bertz CT molecular complexity index is 407. The normalized spacial score (nSPS) is 17.8. The summed E-state index contributed by atoms with van der Waals surface area (Å²) in [7, 11) is -0.106. The molecule has 0 spiro atoms. The Balaban J connectivity index is 2.22.